The van der Waals surface area contributed by atoms with Gasteiger partial charge in [-0.3, -0.25) is 4.79 Å². The second kappa shape index (κ2) is 3.88. The van der Waals surface area contributed by atoms with Gasteiger partial charge in [-0.05, 0) is 12.5 Å². The Morgan fingerprint density at radius 1 is 1.70 bits per heavy atom. The van der Waals surface area contributed by atoms with Crippen LogP contribution in [0.1, 0.15) is 12.8 Å². The highest BCUT2D eigenvalue weighted by molar-refractivity contribution is 5.51. The van der Waals surface area contributed by atoms with Crippen molar-refractivity contribution < 1.29 is 9.53 Å². The van der Waals surface area contributed by atoms with Crippen molar-refractivity contribution in [2.24, 2.45) is 0 Å². The van der Waals surface area contributed by atoms with E-state index in [0.29, 0.717) is 0 Å². The fourth-order valence-corrected chi connectivity index (χ4v) is 0.823. The van der Waals surface area contributed by atoms with Gasteiger partial charge in [-0.2, -0.15) is 0 Å². The Kier molecular flexibility index (Phi) is 2.74. The fraction of sp³-hybridized carbons (Fsp3) is 0.375. The summed E-state index contributed by atoms with van der Waals surface area (Å²) in [4.78, 5) is 9.75. The number of ether oxygens (including phenoxy) is 1. The van der Waals surface area contributed by atoms with Gasteiger partial charge in [0.05, 0.1) is 5.76 Å². The van der Waals surface area contributed by atoms with Crippen molar-refractivity contribution in [1.82, 2.24) is 0 Å². The van der Waals surface area contributed by atoms with Crippen LogP contribution in [0.3, 0.4) is 0 Å². The van der Waals surface area contributed by atoms with E-state index in [-0.39, 0.29) is 6.61 Å². The van der Waals surface area contributed by atoms with Gasteiger partial charge in [-0.15, -0.1) is 0 Å². The first-order chi connectivity index (χ1) is 4.93. The SMILES string of the molecule is O=[C]COC1=CC=CCC1. The van der Waals surface area contributed by atoms with Gasteiger partial charge >= 0.3 is 0 Å². The Hall–Kier alpha value is -1.05. The average molecular weight is 137 g/mol. The Bertz CT molecular complexity index is 168. The van der Waals surface area contributed by atoms with Gasteiger partial charge in [-0.25, -0.2) is 0 Å². The molecule has 0 saturated carbocycles. The average Bonchev–Trinajstić information content (AvgIpc) is 2.03. The molecule has 0 saturated heterocycles. The zero-order valence-electron chi connectivity index (χ0n) is 5.67. The van der Waals surface area contributed by atoms with Crippen LogP contribution in [0.5, 0.6) is 0 Å². The smallest absolute Gasteiger partial charge is 0.239 e. The van der Waals surface area contributed by atoms with Crippen molar-refractivity contribution in [3.05, 3.63) is 24.0 Å². The molecule has 0 bridgehead atoms. The van der Waals surface area contributed by atoms with Crippen LogP contribution in [0.2, 0.25) is 0 Å². The second-order valence-electron chi connectivity index (χ2n) is 2.03. The van der Waals surface area contributed by atoms with Crippen LogP contribution in [0.4, 0.5) is 0 Å². The molecule has 2 nitrogen and oxygen atoms in total. The number of hydrogen-bond donors (Lipinski definition) is 0. The Balaban J connectivity index is 2.32. The lowest BCUT2D eigenvalue weighted by atomic mass is 10.2. The highest BCUT2D eigenvalue weighted by atomic mass is 16.5. The third kappa shape index (κ3) is 2.05. The van der Waals surface area contributed by atoms with Crippen LogP contribution in [0.15, 0.2) is 24.0 Å². The summed E-state index contributed by atoms with van der Waals surface area (Å²) in [5.41, 5.74) is 0. The maximum atomic E-state index is 9.75. The molecular weight excluding hydrogens is 128 g/mol. The summed E-state index contributed by atoms with van der Waals surface area (Å²) in [6.07, 6.45) is 9.46. The first-order valence-corrected chi connectivity index (χ1v) is 3.27. The van der Waals surface area contributed by atoms with Crippen molar-refractivity contribution in [2.45, 2.75) is 12.8 Å². The van der Waals surface area contributed by atoms with Gasteiger partial charge in [0, 0.05) is 6.42 Å². The molecule has 0 atom stereocenters. The molecule has 0 aromatic rings. The summed E-state index contributed by atoms with van der Waals surface area (Å²) in [6.45, 7) is 0.0552. The number of carbonyl (C=O) groups excluding carboxylic acids is 1. The molecule has 0 fully saturated rings. The van der Waals surface area contributed by atoms with Crippen molar-refractivity contribution in [3.63, 3.8) is 0 Å². The van der Waals surface area contributed by atoms with Crippen molar-refractivity contribution in [1.29, 1.82) is 0 Å². The maximum absolute atomic E-state index is 9.75. The summed E-state index contributed by atoms with van der Waals surface area (Å²) in [5, 5.41) is 0. The van der Waals surface area contributed by atoms with E-state index in [1.807, 2.05) is 12.2 Å². The Morgan fingerprint density at radius 2 is 2.60 bits per heavy atom. The normalized spacial score (nSPS) is 16.2. The van der Waals surface area contributed by atoms with Gasteiger partial charge in [0.25, 0.3) is 0 Å². The van der Waals surface area contributed by atoms with E-state index in [0.717, 1.165) is 18.6 Å². The molecule has 1 radical (unpaired) electrons. The maximum Gasteiger partial charge on any atom is 0.239 e. The molecule has 0 aromatic carbocycles. The third-order valence-electron chi connectivity index (χ3n) is 1.29. The largest absolute Gasteiger partial charge is 0.490 e. The number of rotatable bonds is 3. The molecule has 1 aliphatic carbocycles. The Labute approximate surface area is 60.2 Å². The van der Waals surface area contributed by atoms with Gasteiger partial charge < -0.3 is 4.74 Å². The second-order valence-corrected chi connectivity index (χ2v) is 2.03. The highest BCUT2D eigenvalue weighted by Gasteiger charge is 1.98. The predicted molar refractivity (Wildman–Crippen MR) is 38.1 cm³/mol. The molecule has 0 amide bonds. The zero-order chi connectivity index (χ0) is 7.23. The van der Waals surface area contributed by atoms with Crippen LogP contribution in [-0.4, -0.2) is 12.9 Å². The molecule has 0 heterocycles. The molecule has 0 spiro atoms. The van der Waals surface area contributed by atoms with E-state index < -0.39 is 0 Å². The molecule has 0 aliphatic heterocycles. The van der Waals surface area contributed by atoms with E-state index in [9.17, 15) is 4.79 Å². The van der Waals surface area contributed by atoms with E-state index in [4.69, 9.17) is 4.74 Å². The quantitative estimate of drug-likeness (QED) is 0.586. The van der Waals surface area contributed by atoms with E-state index >= 15 is 0 Å². The monoisotopic (exact) mass is 137 g/mol. The number of hydrogen-bond acceptors (Lipinski definition) is 2. The predicted octanol–water partition coefficient (Wildman–Crippen LogP) is 1.35. The lowest BCUT2D eigenvalue weighted by Crippen LogP contribution is -1.96. The molecule has 10 heavy (non-hydrogen) atoms. The van der Waals surface area contributed by atoms with Crippen molar-refractivity contribution in [3.8, 4) is 0 Å². The Morgan fingerprint density at radius 3 is 3.20 bits per heavy atom. The molecule has 53 valence electrons. The van der Waals surface area contributed by atoms with Crippen LogP contribution in [-0.2, 0) is 9.53 Å². The van der Waals surface area contributed by atoms with Crippen LogP contribution in [0, 0.1) is 0 Å². The van der Waals surface area contributed by atoms with Gasteiger partial charge in [0.2, 0.25) is 6.29 Å². The molecule has 0 N–H and O–H groups in total. The van der Waals surface area contributed by atoms with E-state index in [2.05, 4.69) is 6.08 Å². The van der Waals surface area contributed by atoms with Crippen LogP contribution >= 0.6 is 0 Å². The van der Waals surface area contributed by atoms with Gasteiger partial charge in [-0.1, -0.05) is 12.2 Å². The molecular formula is C8H9O2. The summed E-state index contributed by atoms with van der Waals surface area (Å²) < 4.78 is 5.02. The molecule has 0 aromatic heterocycles. The van der Waals surface area contributed by atoms with E-state index in [1.165, 1.54) is 0 Å². The summed E-state index contributed by atoms with van der Waals surface area (Å²) in [5.74, 6) is 0.880. The summed E-state index contributed by atoms with van der Waals surface area (Å²) in [7, 11) is 0. The molecule has 1 aliphatic rings. The summed E-state index contributed by atoms with van der Waals surface area (Å²) >= 11 is 0. The third-order valence-corrected chi connectivity index (χ3v) is 1.29. The fourth-order valence-electron chi connectivity index (χ4n) is 0.823. The van der Waals surface area contributed by atoms with Crippen LogP contribution < -0.4 is 0 Å². The lowest BCUT2D eigenvalue weighted by Gasteiger charge is -2.07. The topological polar surface area (TPSA) is 26.3 Å². The molecule has 0 unspecified atom stereocenters. The van der Waals surface area contributed by atoms with Crippen LogP contribution in [0.25, 0.3) is 0 Å². The standard InChI is InChI=1S/C8H9O2/c9-6-7-10-8-4-2-1-3-5-8/h1-2,4H,3,5,7H2. The molecule has 1 rings (SSSR count). The van der Waals surface area contributed by atoms with Crippen molar-refractivity contribution in [2.75, 3.05) is 6.61 Å². The first kappa shape index (κ1) is 7.06. The van der Waals surface area contributed by atoms with Gasteiger partial charge in [0.15, 0.2) is 6.61 Å². The highest BCUT2D eigenvalue weighted by Crippen LogP contribution is 2.11. The minimum Gasteiger partial charge on any atom is -0.490 e. The van der Waals surface area contributed by atoms with Gasteiger partial charge in [0.1, 0.15) is 0 Å². The lowest BCUT2D eigenvalue weighted by molar-refractivity contribution is 0.242. The molecule has 2 heteroatoms. The minimum absolute atomic E-state index is 0.0552. The zero-order valence-corrected chi connectivity index (χ0v) is 5.67. The number of allylic oxidation sites excluding steroid dienone is 4. The minimum atomic E-state index is 0.0552. The first-order valence-electron chi connectivity index (χ1n) is 3.27. The van der Waals surface area contributed by atoms with E-state index in [1.54, 1.807) is 6.29 Å². The van der Waals surface area contributed by atoms with Crippen molar-refractivity contribution >= 4 is 6.29 Å². The summed E-state index contributed by atoms with van der Waals surface area (Å²) in [6, 6.07) is 0.